The van der Waals surface area contributed by atoms with Crippen LogP contribution in [0.1, 0.15) is 25.8 Å². The fraction of sp³-hybridized carbons (Fsp3) is 0.273. The number of rotatable bonds is 9. The molecule has 33 heavy (non-hydrogen) atoms. The van der Waals surface area contributed by atoms with E-state index in [2.05, 4.69) is 21.2 Å². The van der Waals surface area contributed by atoms with Crippen LogP contribution in [0.2, 0.25) is 10.0 Å². The van der Waals surface area contributed by atoms with Crippen molar-refractivity contribution in [3.8, 4) is 11.5 Å². The first-order valence-corrected chi connectivity index (χ1v) is 10.7. The number of carbonyl (C=O) groups excluding carboxylic acids is 3. The number of halogens is 2. The number of nitrogens with zero attached hydrogens (tertiary/aromatic N) is 1. The monoisotopic (exact) mass is 494 g/mol. The van der Waals surface area contributed by atoms with Crippen molar-refractivity contribution in [1.82, 2.24) is 10.7 Å². The van der Waals surface area contributed by atoms with Crippen LogP contribution in [0.25, 0.3) is 0 Å². The Balaban J connectivity index is 1.93. The zero-order valence-corrected chi connectivity index (χ0v) is 19.8. The Kier molecular flexibility index (Phi) is 9.96. The van der Waals surface area contributed by atoms with Crippen molar-refractivity contribution in [2.45, 2.75) is 26.3 Å². The summed E-state index contributed by atoms with van der Waals surface area (Å²) in [5.74, 6) is -1.38. The van der Waals surface area contributed by atoms with Crippen LogP contribution in [-0.2, 0) is 14.4 Å². The molecule has 176 valence electrons. The Bertz CT molecular complexity index is 1030. The Hall–Kier alpha value is -3.30. The molecular formula is C22H24Cl2N4O5. The molecule has 0 fully saturated rings. The van der Waals surface area contributed by atoms with Crippen molar-refractivity contribution in [1.29, 1.82) is 0 Å². The molecule has 3 amide bonds. The van der Waals surface area contributed by atoms with E-state index in [1.807, 2.05) is 6.92 Å². The quantitative estimate of drug-likeness (QED) is 0.280. The van der Waals surface area contributed by atoms with Gasteiger partial charge in [0.25, 0.3) is 5.91 Å². The highest BCUT2D eigenvalue weighted by Crippen LogP contribution is 2.28. The molecule has 0 aliphatic rings. The van der Waals surface area contributed by atoms with Crippen LogP contribution in [0, 0.1) is 0 Å². The molecule has 9 nitrogen and oxygen atoms in total. The molecule has 11 heteroatoms. The second kappa shape index (κ2) is 12.7. The SMILES string of the molecule is CC[C@@H](C)NC(=O)C(=O)N/N=C\c1ccc(OCC(=O)Nc2cc(Cl)cc(Cl)c2)c(OC)c1. The maximum Gasteiger partial charge on any atom is 0.329 e. The Morgan fingerprint density at radius 2 is 1.76 bits per heavy atom. The van der Waals surface area contributed by atoms with E-state index in [1.54, 1.807) is 43.3 Å². The van der Waals surface area contributed by atoms with Gasteiger partial charge in [-0.2, -0.15) is 5.10 Å². The third kappa shape index (κ3) is 8.63. The van der Waals surface area contributed by atoms with Crippen molar-refractivity contribution in [3.05, 3.63) is 52.0 Å². The van der Waals surface area contributed by atoms with Gasteiger partial charge in [-0.15, -0.1) is 0 Å². The number of hydrogen-bond donors (Lipinski definition) is 3. The molecule has 0 saturated carbocycles. The highest BCUT2D eigenvalue weighted by Gasteiger charge is 2.14. The lowest BCUT2D eigenvalue weighted by atomic mass is 10.2. The fourth-order valence-electron chi connectivity index (χ4n) is 2.46. The van der Waals surface area contributed by atoms with Gasteiger partial charge in [0.15, 0.2) is 18.1 Å². The normalized spacial score (nSPS) is 11.5. The van der Waals surface area contributed by atoms with Gasteiger partial charge in [0.2, 0.25) is 0 Å². The van der Waals surface area contributed by atoms with Gasteiger partial charge in [-0.3, -0.25) is 14.4 Å². The topological polar surface area (TPSA) is 118 Å². The molecule has 0 spiro atoms. The van der Waals surface area contributed by atoms with Crippen LogP contribution in [0.4, 0.5) is 5.69 Å². The summed E-state index contributed by atoms with van der Waals surface area (Å²) in [5.41, 5.74) is 3.17. The number of hydrazone groups is 1. The lowest BCUT2D eigenvalue weighted by molar-refractivity contribution is -0.139. The third-order valence-electron chi connectivity index (χ3n) is 4.27. The van der Waals surface area contributed by atoms with E-state index in [9.17, 15) is 14.4 Å². The highest BCUT2D eigenvalue weighted by molar-refractivity contribution is 6.35. The zero-order chi connectivity index (χ0) is 24.4. The minimum Gasteiger partial charge on any atom is -0.493 e. The minimum absolute atomic E-state index is 0.116. The van der Waals surface area contributed by atoms with E-state index in [1.165, 1.54) is 13.3 Å². The van der Waals surface area contributed by atoms with Gasteiger partial charge in [-0.05, 0) is 55.3 Å². The average Bonchev–Trinajstić information content (AvgIpc) is 2.76. The molecule has 0 radical (unpaired) electrons. The molecule has 2 aromatic rings. The maximum absolute atomic E-state index is 12.2. The molecule has 0 aromatic heterocycles. The summed E-state index contributed by atoms with van der Waals surface area (Å²) in [6.07, 6.45) is 2.05. The van der Waals surface area contributed by atoms with Crippen LogP contribution in [0.15, 0.2) is 41.5 Å². The van der Waals surface area contributed by atoms with Crippen LogP contribution >= 0.6 is 23.2 Å². The summed E-state index contributed by atoms with van der Waals surface area (Å²) in [5, 5.41) is 9.73. The van der Waals surface area contributed by atoms with E-state index in [4.69, 9.17) is 32.7 Å². The van der Waals surface area contributed by atoms with Gasteiger partial charge in [0, 0.05) is 21.8 Å². The predicted molar refractivity (Wildman–Crippen MR) is 127 cm³/mol. The molecule has 2 aromatic carbocycles. The molecule has 0 bridgehead atoms. The summed E-state index contributed by atoms with van der Waals surface area (Å²) in [6, 6.07) is 9.38. The van der Waals surface area contributed by atoms with Gasteiger partial charge in [-0.25, -0.2) is 5.43 Å². The summed E-state index contributed by atoms with van der Waals surface area (Å²) in [7, 11) is 1.44. The maximum atomic E-state index is 12.2. The first-order chi connectivity index (χ1) is 15.7. The number of hydrogen-bond acceptors (Lipinski definition) is 6. The van der Waals surface area contributed by atoms with Crippen LogP contribution < -0.4 is 25.5 Å². The molecule has 2 rings (SSSR count). The van der Waals surface area contributed by atoms with Gasteiger partial charge in [0.1, 0.15) is 0 Å². The minimum atomic E-state index is -0.870. The van der Waals surface area contributed by atoms with E-state index in [0.29, 0.717) is 39.2 Å². The summed E-state index contributed by atoms with van der Waals surface area (Å²) < 4.78 is 10.8. The predicted octanol–water partition coefficient (Wildman–Crippen LogP) is 3.38. The largest absolute Gasteiger partial charge is 0.493 e. The number of amides is 3. The van der Waals surface area contributed by atoms with Crippen molar-refractivity contribution < 1.29 is 23.9 Å². The molecular weight excluding hydrogens is 471 g/mol. The van der Waals surface area contributed by atoms with E-state index in [-0.39, 0.29) is 12.6 Å². The Morgan fingerprint density at radius 1 is 1.06 bits per heavy atom. The van der Waals surface area contributed by atoms with Gasteiger partial charge >= 0.3 is 11.8 Å². The first kappa shape index (κ1) is 26.0. The van der Waals surface area contributed by atoms with Gasteiger partial charge in [-0.1, -0.05) is 30.1 Å². The second-order valence-corrected chi connectivity index (χ2v) is 7.76. The molecule has 1 atom stereocenters. The van der Waals surface area contributed by atoms with Crippen molar-refractivity contribution in [3.63, 3.8) is 0 Å². The summed E-state index contributed by atoms with van der Waals surface area (Å²) in [6.45, 7) is 3.40. The number of methoxy groups -OCH3 is 1. The number of carbonyl (C=O) groups is 3. The number of benzene rings is 2. The molecule has 0 unspecified atom stereocenters. The smallest absolute Gasteiger partial charge is 0.329 e. The van der Waals surface area contributed by atoms with E-state index in [0.717, 1.165) is 0 Å². The fourth-order valence-corrected chi connectivity index (χ4v) is 2.98. The zero-order valence-electron chi connectivity index (χ0n) is 18.3. The first-order valence-electron chi connectivity index (χ1n) is 9.92. The summed E-state index contributed by atoms with van der Waals surface area (Å²) in [4.78, 5) is 35.6. The van der Waals surface area contributed by atoms with Crippen LogP contribution in [0.3, 0.4) is 0 Å². The van der Waals surface area contributed by atoms with Gasteiger partial charge in [0.05, 0.1) is 13.3 Å². The van der Waals surface area contributed by atoms with Crippen molar-refractivity contribution >= 4 is 52.8 Å². The standard InChI is InChI=1S/C22H24Cl2N4O5/c1-4-13(2)26-21(30)22(31)28-25-11-14-5-6-18(19(7-14)32-3)33-12-20(29)27-17-9-15(23)8-16(24)10-17/h5-11,13H,4,12H2,1-3H3,(H,26,30)(H,27,29)(H,28,31)/b25-11-/t13-/m1/s1. The van der Waals surface area contributed by atoms with E-state index < -0.39 is 17.7 Å². The van der Waals surface area contributed by atoms with E-state index >= 15 is 0 Å². The molecule has 0 aliphatic carbocycles. The van der Waals surface area contributed by atoms with Crippen LogP contribution in [0.5, 0.6) is 11.5 Å². The Morgan fingerprint density at radius 3 is 2.39 bits per heavy atom. The van der Waals surface area contributed by atoms with Crippen molar-refractivity contribution in [2.24, 2.45) is 5.10 Å². The lowest BCUT2D eigenvalue weighted by Crippen LogP contribution is -2.41. The van der Waals surface area contributed by atoms with Crippen molar-refractivity contribution in [2.75, 3.05) is 19.0 Å². The molecule has 3 N–H and O–H groups in total. The average molecular weight is 495 g/mol. The Labute approximate surface area is 201 Å². The second-order valence-electron chi connectivity index (χ2n) is 6.89. The summed E-state index contributed by atoms with van der Waals surface area (Å²) >= 11 is 11.8. The number of ether oxygens (including phenoxy) is 2. The molecule has 0 heterocycles. The third-order valence-corrected chi connectivity index (χ3v) is 4.71. The highest BCUT2D eigenvalue weighted by atomic mass is 35.5. The number of nitrogens with one attached hydrogen (secondary N) is 3. The van der Waals surface area contributed by atoms with Crippen LogP contribution in [-0.4, -0.2) is 43.7 Å². The molecule has 0 saturated heterocycles. The van der Waals surface area contributed by atoms with Gasteiger partial charge < -0.3 is 20.1 Å². The lowest BCUT2D eigenvalue weighted by Gasteiger charge is -2.12. The molecule has 0 aliphatic heterocycles. The number of anilines is 1.